The fraction of sp³-hybridized carbons (Fsp3) is 0.667. The molecule has 0 aliphatic carbocycles. The van der Waals surface area contributed by atoms with Crippen LogP contribution < -0.4 is 15.8 Å². The number of nitrogens with two attached hydrogens (primary N) is 1. The third-order valence-corrected chi connectivity index (χ3v) is 6.95. The van der Waals surface area contributed by atoms with Crippen molar-refractivity contribution in [2.75, 3.05) is 26.0 Å². The second-order valence-corrected chi connectivity index (χ2v) is 9.22. The zero-order valence-corrected chi connectivity index (χ0v) is 20.0. The Morgan fingerprint density at radius 2 is 1.91 bits per heavy atom. The van der Waals surface area contributed by atoms with Gasteiger partial charge in [0, 0.05) is 30.6 Å². The summed E-state index contributed by atoms with van der Waals surface area (Å²) in [6, 6.07) is 4.30. The smallest absolute Gasteiger partial charge is 0.305 e. The van der Waals surface area contributed by atoms with E-state index < -0.39 is 0 Å². The second-order valence-electron chi connectivity index (χ2n) is 8.81. The summed E-state index contributed by atoms with van der Waals surface area (Å²) < 4.78 is 10.3. The lowest BCUT2D eigenvalue weighted by Crippen LogP contribution is -2.57. The minimum absolute atomic E-state index is 0.0973. The molecule has 3 rings (SSSR count). The average Bonchev–Trinajstić information content (AvgIpc) is 2.75. The molecule has 2 saturated heterocycles. The Morgan fingerprint density at radius 1 is 1.19 bits per heavy atom. The molecule has 0 radical (unpaired) electrons. The van der Waals surface area contributed by atoms with E-state index in [2.05, 4.69) is 10.2 Å². The summed E-state index contributed by atoms with van der Waals surface area (Å²) in [4.78, 5) is 27.1. The lowest BCUT2D eigenvalue weighted by Gasteiger charge is -2.49. The van der Waals surface area contributed by atoms with Gasteiger partial charge >= 0.3 is 5.97 Å². The van der Waals surface area contributed by atoms with Crippen LogP contribution in [0.3, 0.4) is 0 Å². The van der Waals surface area contributed by atoms with Crippen molar-refractivity contribution in [1.29, 1.82) is 0 Å². The summed E-state index contributed by atoms with van der Waals surface area (Å²) in [5.41, 5.74) is 6.65. The Morgan fingerprint density at radius 3 is 2.56 bits per heavy atom. The largest absolute Gasteiger partial charge is 0.496 e. The summed E-state index contributed by atoms with van der Waals surface area (Å²) in [5.74, 6) is 0.170. The molecule has 2 fully saturated rings. The number of carbonyl (C=O) groups excluding carboxylic acids is 2. The maximum absolute atomic E-state index is 13.0. The summed E-state index contributed by atoms with van der Waals surface area (Å²) >= 11 is 6.14. The number of hydrogen-bond acceptors (Lipinski definition) is 6. The van der Waals surface area contributed by atoms with Gasteiger partial charge in [0.2, 0.25) is 0 Å². The molecule has 1 aromatic rings. The predicted molar refractivity (Wildman–Crippen MR) is 126 cm³/mol. The van der Waals surface area contributed by atoms with E-state index in [-0.39, 0.29) is 17.9 Å². The van der Waals surface area contributed by atoms with Gasteiger partial charge in [-0.1, -0.05) is 24.4 Å². The second kappa shape index (κ2) is 11.8. The number of methoxy groups -OCH3 is 1. The van der Waals surface area contributed by atoms with Gasteiger partial charge in [0.1, 0.15) is 5.75 Å². The van der Waals surface area contributed by atoms with E-state index in [1.807, 2.05) is 6.92 Å². The highest BCUT2D eigenvalue weighted by Gasteiger charge is 2.38. The molecule has 2 bridgehead atoms. The molecule has 7 nitrogen and oxygen atoms in total. The van der Waals surface area contributed by atoms with Crippen LogP contribution in [0.1, 0.15) is 75.1 Å². The van der Waals surface area contributed by atoms with Gasteiger partial charge in [0.25, 0.3) is 5.91 Å². The Balaban J connectivity index is 1.51. The van der Waals surface area contributed by atoms with Crippen molar-refractivity contribution >= 4 is 29.2 Å². The van der Waals surface area contributed by atoms with Gasteiger partial charge in [0.15, 0.2) is 0 Å². The first-order chi connectivity index (χ1) is 15.4. The van der Waals surface area contributed by atoms with Gasteiger partial charge in [-0.15, -0.1) is 0 Å². The van der Waals surface area contributed by atoms with Crippen LogP contribution in [0.2, 0.25) is 5.02 Å². The number of benzene rings is 1. The molecule has 2 atom stereocenters. The Bertz CT molecular complexity index is 790. The Hall–Kier alpha value is -1.99. The molecule has 3 N–H and O–H groups in total. The maximum Gasteiger partial charge on any atom is 0.305 e. The van der Waals surface area contributed by atoms with Gasteiger partial charge in [-0.05, 0) is 58.1 Å². The number of amides is 1. The normalized spacial score (nSPS) is 22.9. The van der Waals surface area contributed by atoms with Gasteiger partial charge in [-0.2, -0.15) is 0 Å². The summed E-state index contributed by atoms with van der Waals surface area (Å²) in [6.45, 7) is 3.34. The lowest BCUT2D eigenvalue weighted by atomic mass is 9.81. The van der Waals surface area contributed by atoms with Crippen LogP contribution in [0.5, 0.6) is 5.75 Å². The molecule has 0 saturated carbocycles. The fourth-order valence-electron chi connectivity index (χ4n) is 5.11. The number of carbonyl (C=O) groups is 2. The minimum atomic E-state index is -0.167. The number of nitrogens with zero attached hydrogens (tertiary/aromatic N) is 1. The molecule has 2 aliphatic rings. The Labute approximate surface area is 195 Å². The molecule has 8 heteroatoms. The molecule has 0 spiro atoms. The number of rotatable bonds is 10. The van der Waals surface area contributed by atoms with E-state index in [1.54, 1.807) is 12.1 Å². The number of piperidine rings is 2. The highest BCUT2D eigenvalue weighted by Crippen LogP contribution is 2.35. The summed E-state index contributed by atoms with van der Waals surface area (Å²) in [5, 5.41) is 3.56. The van der Waals surface area contributed by atoms with Crippen LogP contribution in [0.4, 0.5) is 5.69 Å². The number of nitrogens with one attached hydrogen (secondary N) is 1. The molecule has 178 valence electrons. The highest BCUT2D eigenvalue weighted by atomic mass is 35.5. The number of anilines is 1. The van der Waals surface area contributed by atoms with Crippen LogP contribution in [0.25, 0.3) is 0 Å². The van der Waals surface area contributed by atoms with Crippen LogP contribution in [0.15, 0.2) is 12.1 Å². The van der Waals surface area contributed by atoms with Gasteiger partial charge in [-0.25, -0.2) is 0 Å². The van der Waals surface area contributed by atoms with Crippen molar-refractivity contribution in [2.24, 2.45) is 0 Å². The topological polar surface area (TPSA) is 93.9 Å². The van der Waals surface area contributed by atoms with Gasteiger partial charge in [-0.3, -0.25) is 14.5 Å². The molecule has 32 heavy (non-hydrogen) atoms. The highest BCUT2D eigenvalue weighted by molar-refractivity contribution is 6.33. The van der Waals surface area contributed by atoms with E-state index in [0.29, 0.717) is 47.1 Å². The number of hydrogen-bond donors (Lipinski definition) is 2. The van der Waals surface area contributed by atoms with Crippen molar-refractivity contribution in [3.05, 3.63) is 22.7 Å². The van der Waals surface area contributed by atoms with Crippen molar-refractivity contribution in [1.82, 2.24) is 10.2 Å². The van der Waals surface area contributed by atoms with E-state index in [4.69, 9.17) is 26.8 Å². The first kappa shape index (κ1) is 24.6. The fourth-order valence-corrected chi connectivity index (χ4v) is 5.28. The summed E-state index contributed by atoms with van der Waals surface area (Å²) in [7, 11) is 1.52. The van der Waals surface area contributed by atoms with Crippen molar-refractivity contribution < 1.29 is 19.1 Å². The van der Waals surface area contributed by atoms with Crippen LogP contribution in [-0.2, 0) is 9.53 Å². The molecular weight excluding hydrogens is 430 g/mol. The summed E-state index contributed by atoms with van der Waals surface area (Å²) in [6.07, 6.45) is 9.01. The van der Waals surface area contributed by atoms with E-state index in [9.17, 15) is 9.59 Å². The standard InChI is InChI=1S/C24H36ClN3O4/c1-3-32-23(29)10-5-4-6-11-28-17-8-7-9-18(28)13-16(12-17)27-24(30)19-14-20(25)21(26)15-22(19)31-2/h14-18H,3-13,26H2,1-2H3,(H,27,30). The van der Waals surface area contributed by atoms with E-state index in [1.165, 1.54) is 26.4 Å². The quantitative estimate of drug-likeness (QED) is 0.306. The van der Waals surface area contributed by atoms with Gasteiger partial charge < -0.3 is 20.5 Å². The molecular formula is C24H36ClN3O4. The zero-order chi connectivity index (χ0) is 23.1. The maximum atomic E-state index is 13.0. The third-order valence-electron chi connectivity index (χ3n) is 6.63. The van der Waals surface area contributed by atoms with Crippen molar-refractivity contribution in [2.45, 2.75) is 82.8 Å². The van der Waals surface area contributed by atoms with Crippen LogP contribution in [-0.4, -0.2) is 55.2 Å². The third kappa shape index (κ3) is 6.29. The number of esters is 1. The lowest BCUT2D eigenvalue weighted by molar-refractivity contribution is -0.143. The van der Waals surface area contributed by atoms with Gasteiger partial charge in [0.05, 0.1) is 30.0 Å². The number of fused-ring (bicyclic) bond motifs is 2. The molecule has 1 amide bonds. The zero-order valence-electron chi connectivity index (χ0n) is 19.2. The molecule has 2 aliphatic heterocycles. The number of unbranched alkanes of at least 4 members (excludes halogenated alkanes) is 2. The van der Waals surface area contributed by atoms with Crippen molar-refractivity contribution in [3.63, 3.8) is 0 Å². The SMILES string of the molecule is CCOC(=O)CCCCCN1C2CCCC1CC(NC(=O)c1cc(Cl)c(N)cc1OC)C2. The average molecular weight is 466 g/mol. The first-order valence-corrected chi connectivity index (χ1v) is 12.2. The van der Waals surface area contributed by atoms with E-state index >= 15 is 0 Å². The van der Waals surface area contributed by atoms with E-state index in [0.717, 1.165) is 38.6 Å². The van der Waals surface area contributed by atoms with Crippen LogP contribution >= 0.6 is 11.6 Å². The molecule has 2 unspecified atom stereocenters. The Kier molecular flexibility index (Phi) is 9.05. The monoisotopic (exact) mass is 465 g/mol. The molecule has 0 aromatic heterocycles. The molecule has 2 heterocycles. The molecule has 1 aromatic carbocycles. The van der Waals surface area contributed by atoms with Crippen molar-refractivity contribution in [3.8, 4) is 5.75 Å². The first-order valence-electron chi connectivity index (χ1n) is 11.8. The predicted octanol–water partition coefficient (Wildman–Crippen LogP) is 4.17. The number of ether oxygens (including phenoxy) is 2. The number of nitrogen functional groups attached to an aromatic ring is 1. The number of halogens is 1. The van der Waals surface area contributed by atoms with Crippen LogP contribution in [0, 0.1) is 0 Å². The minimum Gasteiger partial charge on any atom is -0.496 e.